The Morgan fingerprint density at radius 3 is 2.50 bits per heavy atom. The third-order valence-corrected chi connectivity index (χ3v) is 4.71. The highest BCUT2D eigenvalue weighted by Gasteiger charge is 2.15. The van der Waals surface area contributed by atoms with Crippen molar-refractivity contribution < 1.29 is 0 Å². The molecule has 0 aromatic heterocycles. The van der Waals surface area contributed by atoms with E-state index in [1.54, 1.807) is 0 Å². The minimum Gasteiger partial charge on any atom is -0.381 e. The minimum absolute atomic E-state index is 0.540. The number of aryl methyl sites for hydroxylation is 2. The minimum atomic E-state index is 0.540. The van der Waals surface area contributed by atoms with Crippen molar-refractivity contribution in [2.75, 3.05) is 11.9 Å². The molecule has 2 heteroatoms. The zero-order chi connectivity index (χ0) is 19.5. The molecule has 0 fully saturated rings. The third-order valence-electron chi connectivity index (χ3n) is 4.71. The number of benzene rings is 1. The van der Waals surface area contributed by atoms with E-state index in [2.05, 4.69) is 51.4 Å². The zero-order valence-corrected chi connectivity index (χ0v) is 17.4. The number of nitrogens with one attached hydrogen (secondary N) is 2. The molecular formula is C24H38N2. The summed E-state index contributed by atoms with van der Waals surface area (Å²) in [5.41, 5.74) is 6.12. The van der Waals surface area contributed by atoms with Gasteiger partial charge in [-0.15, -0.1) is 6.58 Å². The quantitative estimate of drug-likeness (QED) is 0.225. The molecule has 0 radical (unpaired) electrons. The van der Waals surface area contributed by atoms with Gasteiger partial charge in [0.15, 0.2) is 0 Å². The van der Waals surface area contributed by atoms with Crippen molar-refractivity contribution in [2.45, 2.75) is 72.6 Å². The van der Waals surface area contributed by atoms with Gasteiger partial charge in [0.1, 0.15) is 0 Å². The summed E-state index contributed by atoms with van der Waals surface area (Å²) in [6, 6.07) is 4.55. The number of hydrogen-bond donors (Lipinski definition) is 2. The fourth-order valence-corrected chi connectivity index (χ4v) is 3.12. The van der Waals surface area contributed by atoms with Crippen LogP contribution >= 0.6 is 0 Å². The summed E-state index contributed by atoms with van der Waals surface area (Å²) in [7, 11) is 0. The summed E-state index contributed by atoms with van der Waals surface area (Å²) in [5.74, 6) is 0.686. The molecular weight excluding hydrogens is 316 g/mol. The second-order valence-corrected chi connectivity index (χ2v) is 7.75. The Morgan fingerprint density at radius 1 is 1.19 bits per heavy atom. The summed E-state index contributed by atoms with van der Waals surface area (Å²) >= 11 is 0. The highest BCUT2D eigenvalue weighted by molar-refractivity contribution is 6.13. The van der Waals surface area contributed by atoms with E-state index >= 15 is 0 Å². The standard InChI is InChI=1S/C24H38N2/c1-7-9-10-11-12-21-16-20(14-13-18(3)4)17-22(23(25)19(5)6)24(21)26-15-8-2/h8,16-18,25-26H,2,5,7,9-15H2,1,3-4,6H3. The fraction of sp³-hybridized carbons (Fsp3) is 0.542. The van der Waals surface area contributed by atoms with E-state index in [1.807, 2.05) is 13.0 Å². The summed E-state index contributed by atoms with van der Waals surface area (Å²) in [5, 5.41) is 12.0. The molecule has 1 aromatic carbocycles. The summed E-state index contributed by atoms with van der Waals surface area (Å²) in [6.45, 7) is 17.2. The molecule has 0 bridgehead atoms. The van der Waals surface area contributed by atoms with E-state index in [0.29, 0.717) is 18.2 Å². The first-order valence-corrected chi connectivity index (χ1v) is 10.2. The molecule has 2 nitrogen and oxygen atoms in total. The van der Waals surface area contributed by atoms with Crippen LogP contribution in [0.1, 0.15) is 76.5 Å². The lowest BCUT2D eigenvalue weighted by Crippen LogP contribution is -2.12. The largest absolute Gasteiger partial charge is 0.381 e. The highest BCUT2D eigenvalue weighted by atomic mass is 14.9. The van der Waals surface area contributed by atoms with Gasteiger partial charge in [-0.05, 0) is 61.3 Å². The molecule has 26 heavy (non-hydrogen) atoms. The molecule has 0 spiro atoms. The second kappa shape index (κ2) is 11.7. The molecule has 0 unspecified atom stereocenters. The van der Waals surface area contributed by atoms with Crippen molar-refractivity contribution in [2.24, 2.45) is 5.92 Å². The van der Waals surface area contributed by atoms with Crippen molar-refractivity contribution in [1.29, 1.82) is 5.41 Å². The van der Waals surface area contributed by atoms with E-state index in [9.17, 15) is 0 Å². The Kier molecular flexibility index (Phi) is 10.0. The van der Waals surface area contributed by atoms with Crippen LogP contribution in [0.4, 0.5) is 5.69 Å². The first-order valence-electron chi connectivity index (χ1n) is 10.2. The van der Waals surface area contributed by atoms with E-state index in [1.165, 1.54) is 43.2 Å². The maximum Gasteiger partial charge on any atom is 0.0656 e. The van der Waals surface area contributed by atoms with Crippen LogP contribution in [0.2, 0.25) is 0 Å². The van der Waals surface area contributed by atoms with Crippen LogP contribution in [0.5, 0.6) is 0 Å². The lowest BCUT2D eigenvalue weighted by atomic mass is 9.91. The molecule has 0 aliphatic carbocycles. The van der Waals surface area contributed by atoms with Crippen molar-refractivity contribution in [3.8, 4) is 0 Å². The van der Waals surface area contributed by atoms with Crippen molar-refractivity contribution >= 4 is 11.4 Å². The van der Waals surface area contributed by atoms with Crippen LogP contribution in [0.25, 0.3) is 0 Å². The maximum atomic E-state index is 8.55. The average molecular weight is 355 g/mol. The van der Waals surface area contributed by atoms with Crippen LogP contribution in [-0.2, 0) is 12.8 Å². The van der Waals surface area contributed by atoms with Crippen LogP contribution in [0.15, 0.2) is 36.9 Å². The topological polar surface area (TPSA) is 35.9 Å². The number of hydrogen-bond acceptors (Lipinski definition) is 2. The van der Waals surface area contributed by atoms with Gasteiger partial charge in [0.2, 0.25) is 0 Å². The molecule has 0 saturated heterocycles. The zero-order valence-electron chi connectivity index (χ0n) is 17.4. The lowest BCUT2D eigenvalue weighted by molar-refractivity contribution is 0.586. The normalized spacial score (nSPS) is 10.8. The van der Waals surface area contributed by atoms with Gasteiger partial charge in [-0.1, -0.05) is 58.8 Å². The molecule has 1 rings (SSSR count). The van der Waals surface area contributed by atoms with E-state index in [0.717, 1.165) is 29.7 Å². The van der Waals surface area contributed by atoms with E-state index in [4.69, 9.17) is 5.41 Å². The van der Waals surface area contributed by atoms with Gasteiger partial charge >= 0.3 is 0 Å². The molecule has 0 aliphatic rings. The molecule has 0 amide bonds. The van der Waals surface area contributed by atoms with E-state index in [-0.39, 0.29) is 0 Å². The van der Waals surface area contributed by atoms with Crippen LogP contribution in [-0.4, -0.2) is 12.3 Å². The average Bonchev–Trinajstić information content (AvgIpc) is 2.61. The first kappa shape index (κ1) is 22.2. The lowest BCUT2D eigenvalue weighted by Gasteiger charge is -2.19. The third kappa shape index (κ3) is 7.19. The Balaban J connectivity index is 3.25. The smallest absolute Gasteiger partial charge is 0.0656 e. The number of anilines is 1. The number of rotatable bonds is 13. The van der Waals surface area contributed by atoms with Gasteiger partial charge in [-0.3, -0.25) is 5.41 Å². The summed E-state index contributed by atoms with van der Waals surface area (Å²) in [6.07, 6.45) is 10.2. The highest BCUT2D eigenvalue weighted by Crippen LogP contribution is 2.28. The van der Waals surface area contributed by atoms with Gasteiger partial charge < -0.3 is 5.32 Å². The van der Waals surface area contributed by atoms with E-state index < -0.39 is 0 Å². The van der Waals surface area contributed by atoms with Gasteiger partial charge in [0, 0.05) is 17.8 Å². The van der Waals surface area contributed by atoms with Gasteiger partial charge in [-0.2, -0.15) is 0 Å². The van der Waals surface area contributed by atoms with Gasteiger partial charge in [0.25, 0.3) is 0 Å². The monoisotopic (exact) mass is 354 g/mol. The predicted octanol–water partition coefficient (Wildman–Crippen LogP) is 6.94. The van der Waals surface area contributed by atoms with Crippen LogP contribution < -0.4 is 5.32 Å². The van der Waals surface area contributed by atoms with Gasteiger partial charge in [0.05, 0.1) is 5.71 Å². The first-order chi connectivity index (χ1) is 12.4. The Hall–Kier alpha value is -1.83. The van der Waals surface area contributed by atoms with Crippen LogP contribution in [0, 0.1) is 11.3 Å². The molecule has 0 saturated carbocycles. The molecule has 0 aliphatic heterocycles. The van der Waals surface area contributed by atoms with Crippen molar-refractivity contribution in [3.63, 3.8) is 0 Å². The molecule has 0 heterocycles. The summed E-state index contributed by atoms with van der Waals surface area (Å²) in [4.78, 5) is 0. The van der Waals surface area contributed by atoms with Crippen molar-refractivity contribution in [3.05, 3.63) is 53.6 Å². The predicted molar refractivity (Wildman–Crippen MR) is 118 cm³/mol. The Labute approximate surface area is 161 Å². The molecule has 0 atom stereocenters. The Bertz CT molecular complexity index is 611. The molecule has 144 valence electrons. The number of allylic oxidation sites excluding steroid dienone is 1. The molecule has 2 N–H and O–H groups in total. The maximum absolute atomic E-state index is 8.55. The number of unbranched alkanes of at least 4 members (excludes halogenated alkanes) is 3. The fourth-order valence-electron chi connectivity index (χ4n) is 3.12. The van der Waals surface area contributed by atoms with Crippen molar-refractivity contribution in [1.82, 2.24) is 0 Å². The van der Waals surface area contributed by atoms with Crippen LogP contribution in [0.3, 0.4) is 0 Å². The second-order valence-electron chi connectivity index (χ2n) is 7.75. The SMILES string of the molecule is C=CCNc1c(CCCCCC)cc(CCC(C)C)cc1C(=N)C(=C)C. The van der Waals surface area contributed by atoms with Gasteiger partial charge in [-0.25, -0.2) is 0 Å². The Morgan fingerprint density at radius 2 is 1.92 bits per heavy atom. The molecule has 1 aromatic rings. The summed E-state index contributed by atoms with van der Waals surface area (Å²) < 4.78 is 0.